The van der Waals surface area contributed by atoms with E-state index < -0.39 is 0 Å². The molecule has 4 nitrogen and oxygen atoms in total. The molecule has 25 heavy (non-hydrogen) atoms. The van der Waals surface area contributed by atoms with Gasteiger partial charge in [-0.25, -0.2) is 0 Å². The van der Waals surface area contributed by atoms with Crippen LogP contribution in [0.5, 0.6) is 11.5 Å². The van der Waals surface area contributed by atoms with Crippen molar-refractivity contribution < 1.29 is 14.2 Å². The largest absolute Gasteiger partial charge is 0.494 e. The minimum Gasteiger partial charge on any atom is -0.494 e. The van der Waals surface area contributed by atoms with Crippen molar-refractivity contribution in [1.29, 1.82) is 0 Å². The van der Waals surface area contributed by atoms with Gasteiger partial charge in [0, 0.05) is 25.4 Å². The first-order chi connectivity index (χ1) is 12.2. The minimum absolute atomic E-state index is 0.567. The van der Waals surface area contributed by atoms with Crippen molar-refractivity contribution in [1.82, 2.24) is 0 Å². The predicted octanol–water partition coefficient (Wildman–Crippen LogP) is 4.75. The van der Waals surface area contributed by atoms with E-state index in [2.05, 4.69) is 37.4 Å². The van der Waals surface area contributed by atoms with E-state index >= 15 is 0 Å². The van der Waals surface area contributed by atoms with Crippen molar-refractivity contribution in [3.63, 3.8) is 0 Å². The lowest BCUT2D eigenvalue weighted by Crippen LogP contribution is -2.04. The smallest absolute Gasteiger partial charge is 0.121 e. The van der Waals surface area contributed by atoms with Gasteiger partial charge in [-0.2, -0.15) is 0 Å². The Hall–Kier alpha value is -2.20. The summed E-state index contributed by atoms with van der Waals surface area (Å²) in [6.45, 7) is 7.08. The van der Waals surface area contributed by atoms with Gasteiger partial charge in [-0.3, -0.25) is 0 Å². The third kappa shape index (κ3) is 7.48. The quantitative estimate of drug-likeness (QED) is 0.598. The van der Waals surface area contributed by atoms with Crippen molar-refractivity contribution in [3.05, 3.63) is 54.1 Å². The summed E-state index contributed by atoms with van der Waals surface area (Å²) in [5, 5.41) is 3.43. The van der Waals surface area contributed by atoms with E-state index in [-0.39, 0.29) is 0 Å². The third-order valence-corrected chi connectivity index (χ3v) is 3.77. The maximum atomic E-state index is 5.81. The molecule has 2 rings (SSSR count). The van der Waals surface area contributed by atoms with Crippen LogP contribution in [0.15, 0.2) is 48.5 Å². The lowest BCUT2D eigenvalue weighted by Gasteiger charge is -2.11. The zero-order valence-corrected chi connectivity index (χ0v) is 15.5. The first-order valence-corrected chi connectivity index (χ1v) is 8.85. The average molecular weight is 343 g/mol. The van der Waals surface area contributed by atoms with E-state index in [0.717, 1.165) is 36.8 Å². The molecule has 0 heterocycles. The summed E-state index contributed by atoms with van der Waals surface area (Å²) in [6.07, 6.45) is 1.07. The van der Waals surface area contributed by atoms with Crippen LogP contribution in [-0.2, 0) is 11.3 Å². The predicted molar refractivity (Wildman–Crippen MR) is 103 cm³/mol. The van der Waals surface area contributed by atoms with Crippen LogP contribution >= 0.6 is 0 Å². The SMILES string of the molecule is COCCOc1ccc(CNc2cccc(OCCC(C)C)c2)cc1. The molecule has 0 amide bonds. The topological polar surface area (TPSA) is 39.7 Å². The Labute approximate surface area is 151 Å². The van der Waals surface area contributed by atoms with Gasteiger partial charge in [0.2, 0.25) is 0 Å². The molecule has 0 atom stereocenters. The van der Waals surface area contributed by atoms with Crippen LogP contribution in [0.25, 0.3) is 0 Å². The molecule has 2 aromatic rings. The maximum absolute atomic E-state index is 5.81. The summed E-state index contributed by atoms with van der Waals surface area (Å²) in [7, 11) is 1.67. The minimum atomic E-state index is 0.567. The molecule has 0 aromatic heterocycles. The molecular formula is C21H29NO3. The molecule has 136 valence electrons. The standard InChI is InChI=1S/C21H29NO3/c1-17(2)11-12-24-21-6-4-5-19(15-21)22-16-18-7-9-20(10-8-18)25-14-13-23-3/h4-10,15,17,22H,11-14,16H2,1-3H3. The highest BCUT2D eigenvalue weighted by molar-refractivity contribution is 5.48. The van der Waals surface area contributed by atoms with Crippen LogP contribution in [0, 0.1) is 5.92 Å². The molecule has 0 saturated heterocycles. The number of benzene rings is 2. The molecule has 0 spiro atoms. The first-order valence-electron chi connectivity index (χ1n) is 8.85. The van der Waals surface area contributed by atoms with Crippen molar-refractivity contribution in [2.24, 2.45) is 5.92 Å². The fourth-order valence-corrected chi connectivity index (χ4v) is 2.26. The molecule has 0 aliphatic heterocycles. The molecule has 0 bridgehead atoms. The Bertz CT molecular complexity index is 611. The van der Waals surface area contributed by atoms with Crippen LogP contribution in [0.1, 0.15) is 25.8 Å². The fraction of sp³-hybridized carbons (Fsp3) is 0.429. The van der Waals surface area contributed by atoms with Crippen LogP contribution < -0.4 is 14.8 Å². The monoisotopic (exact) mass is 343 g/mol. The molecule has 0 fully saturated rings. The molecule has 1 N–H and O–H groups in total. The van der Waals surface area contributed by atoms with Gasteiger partial charge in [-0.1, -0.05) is 32.0 Å². The van der Waals surface area contributed by atoms with Crippen LogP contribution in [-0.4, -0.2) is 26.9 Å². The number of rotatable bonds is 11. The van der Waals surface area contributed by atoms with E-state index in [1.807, 2.05) is 30.3 Å². The van der Waals surface area contributed by atoms with Crippen molar-refractivity contribution in [2.75, 3.05) is 32.2 Å². The van der Waals surface area contributed by atoms with E-state index in [0.29, 0.717) is 19.1 Å². The van der Waals surface area contributed by atoms with E-state index in [4.69, 9.17) is 14.2 Å². The second kappa shape index (κ2) is 10.6. The molecule has 0 aliphatic rings. The summed E-state index contributed by atoms with van der Waals surface area (Å²) >= 11 is 0. The highest BCUT2D eigenvalue weighted by Crippen LogP contribution is 2.19. The lowest BCUT2D eigenvalue weighted by molar-refractivity contribution is 0.146. The average Bonchev–Trinajstić information content (AvgIpc) is 2.61. The molecule has 0 unspecified atom stereocenters. The Morgan fingerprint density at radius 1 is 0.880 bits per heavy atom. The number of ether oxygens (including phenoxy) is 3. The summed E-state index contributed by atoms with van der Waals surface area (Å²) in [5.74, 6) is 2.43. The Kier molecular flexibility index (Phi) is 8.13. The number of methoxy groups -OCH3 is 1. The van der Waals surface area contributed by atoms with Crippen LogP contribution in [0.3, 0.4) is 0 Å². The zero-order chi connectivity index (χ0) is 17.9. The molecule has 0 aliphatic carbocycles. The number of hydrogen-bond acceptors (Lipinski definition) is 4. The Morgan fingerprint density at radius 2 is 1.64 bits per heavy atom. The van der Waals surface area contributed by atoms with Gasteiger partial charge in [0.1, 0.15) is 18.1 Å². The Morgan fingerprint density at radius 3 is 2.36 bits per heavy atom. The number of hydrogen-bond donors (Lipinski definition) is 1. The molecule has 4 heteroatoms. The first kappa shape index (κ1) is 19.1. The van der Waals surface area contributed by atoms with Gasteiger partial charge < -0.3 is 19.5 Å². The van der Waals surface area contributed by atoms with Gasteiger partial charge >= 0.3 is 0 Å². The van der Waals surface area contributed by atoms with Gasteiger partial charge in [0.25, 0.3) is 0 Å². The molecule has 0 radical (unpaired) electrons. The van der Waals surface area contributed by atoms with Crippen LogP contribution in [0.4, 0.5) is 5.69 Å². The molecule has 2 aromatic carbocycles. The van der Waals surface area contributed by atoms with Crippen molar-refractivity contribution >= 4 is 5.69 Å². The normalized spacial score (nSPS) is 10.7. The van der Waals surface area contributed by atoms with E-state index in [9.17, 15) is 0 Å². The number of anilines is 1. The van der Waals surface area contributed by atoms with Gasteiger partial charge in [-0.15, -0.1) is 0 Å². The lowest BCUT2D eigenvalue weighted by atomic mass is 10.1. The third-order valence-electron chi connectivity index (χ3n) is 3.77. The zero-order valence-electron chi connectivity index (χ0n) is 15.5. The van der Waals surface area contributed by atoms with Gasteiger partial charge in [0.15, 0.2) is 0 Å². The summed E-state index contributed by atoms with van der Waals surface area (Å²) in [5.41, 5.74) is 2.26. The van der Waals surface area contributed by atoms with Gasteiger partial charge in [0.05, 0.1) is 13.2 Å². The highest BCUT2D eigenvalue weighted by atomic mass is 16.5. The Balaban J connectivity index is 1.80. The second-order valence-electron chi connectivity index (χ2n) is 6.40. The number of nitrogens with one attached hydrogen (secondary N) is 1. The molecular weight excluding hydrogens is 314 g/mol. The van der Waals surface area contributed by atoms with Gasteiger partial charge in [-0.05, 0) is 42.2 Å². The van der Waals surface area contributed by atoms with Crippen molar-refractivity contribution in [3.8, 4) is 11.5 Å². The van der Waals surface area contributed by atoms with Crippen molar-refractivity contribution in [2.45, 2.75) is 26.8 Å². The second-order valence-corrected chi connectivity index (χ2v) is 6.40. The summed E-state index contributed by atoms with van der Waals surface area (Å²) < 4.78 is 16.4. The maximum Gasteiger partial charge on any atom is 0.121 e. The summed E-state index contributed by atoms with van der Waals surface area (Å²) in [4.78, 5) is 0. The van der Waals surface area contributed by atoms with E-state index in [1.165, 1.54) is 5.56 Å². The highest BCUT2D eigenvalue weighted by Gasteiger charge is 2.00. The summed E-state index contributed by atoms with van der Waals surface area (Å²) in [6, 6.07) is 16.2. The fourth-order valence-electron chi connectivity index (χ4n) is 2.26. The molecule has 0 saturated carbocycles. The van der Waals surface area contributed by atoms with E-state index in [1.54, 1.807) is 7.11 Å². The van der Waals surface area contributed by atoms with Crippen LogP contribution in [0.2, 0.25) is 0 Å².